The molecule has 25 heavy (non-hydrogen) atoms. The van der Waals surface area contributed by atoms with Crippen molar-refractivity contribution < 1.29 is 9.59 Å². The highest BCUT2D eigenvalue weighted by molar-refractivity contribution is 7.99. The van der Waals surface area contributed by atoms with Gasteiger partial charge in [-0.25, -0.2) is 4.98 Å². The lowest BCUT2D eigenvalue weighted by atomic mass is 9.96. The van der Waals surface area contributed by atoms with Crippen LogP contribution in [0.3, 0.4) is 0 Å². The van der Waals surface area contributed by atoms with E-state index in [1.54, 1.807) is 6.20 Å². The fourth-order valence-electron chi connectivity index (χ4n) is 2.82. The van der Waals surface area contributed by atoms with Crippen molar-refractivity contribution >= 4 is 29.3 Å². The van der Waals surface area contributed by atoms with Crippen LogP contribution in [-0.2, 0) is 9.59 Å². The third-order valence-electron chi connectivity index (χ3n) is 4.24. The fourth-order valence-corrected chi connectivity index (χ4v) is 3.58. The SMILES string of the molecule is O=C(Nc1ccccc1)C1CCN(C(=O)CSc2ccccn2)CC1. The zero-order chi connectivity index (χ0) is 17.5. The summed E-state index contributed by atoms with van der Waals surface area (Å²) >= 11 is 1.45. The number of aromatic nitrogens is 1. The van der Waals surface area contributed by atoms with E-state index in [-0.39, 0.29) is 17.7 Å². The first-order valence-electron chi connectivity index (χ1n) is 8.40. The third kappa shape index (κ3) is 5.06. The molecule has 130 valence electrons. The first-order chi connectivity index (χ1) is 12.2. The molecule has 1 aromatic heterocycles. The van der Waals surface area contributed by atoms with Crippen LogP contribution in [0.4, 0.5) is 5.69 Å². The highest BCUT2D eigenvalue weighted by Crippen LogP contribution is 2.21. The Balaban J connectivity index is 1.43. The smallest absolute Gasteiger partial charge is 0.232 e. The van der Waals surface area contributed by atoms with Crippen LogP contribution in [0.15, 0.2) is 59.8 Å². The maximum atomic E-state index is 12.3. The molecule has 6 heteroatoms. The minimum atomic E-state index is -0.0345. The number of pyridine rings is 1. The van der Waals surface area contributed by atoms with E-state index in [0.717, 1.165) is 10.7 Å². The van der Waals surface area contributed by atoms with Gasteiger partial charge in [0.25, 0.3) is 0 Å². The highest BCUT2D eigenvalue weighted by atomic mass is 32.2. The number of carbonyl (C=O) groups is 2. The lowest BCUT2D eigenvalue weighted by Gasteiger charge is -2.31. The molecule has 0 unspecified atom stereocenters. The van der Waals surface area contributed by atoms with E-state index in [0.29, 0.717) is 31.7 Å². The summed E-state index contributed by atoms with van der Waals surface area (Å²) in [6.07, 6.45) is 3.14. The molecule has 0 saturated carbocycles. The second kappa shape index (κ2) is 8.67. The zero-order valence-corrected chi connectivity index (χ0v) is 14.7. The Morgan fingerprint density at radius 3 is 2.48 bits per heavy atom. The Morgan fingerprint density at radius 2 is 1.80 bits per heavy atom. The number of hydrogen-bond donors (Lipinski definition) is 1. The Kier molecular flexibility index (Phi) is 6.06. The van der Waals surface area contributed by atoms with E-state index in [9.17, 15) is 9.59 Å². The number of anilines is 1. The summed E-state index contributed by atoms with van der Waals surface area (Å²) in [6.45, 7) is 1.27. The van der Waals surface area contributed by atoms with Gasteiger partial charge in [-0.1, -0.05) is 36.0 Å². The van der Waals surface area contributed by atoms with Crippen molar-refractivity contribution in [2.45, 2.75) is 17.9 Å². The van der Waals surface area contributed by atoms with Crippen LogP contribution in [0.25, 0.3) is 0 Å². The molecule has 2 heterocycles. The molecular formula is C19H21N3O2S. The second-order valence-electron chi connectivity index (χ2n) is 5.97. The van der Waals surface area contributed by atoms with Crippen LogP contribution in [0.2, 0.25) is 0 Å². The molecule has 0 atom stereocenters. The van der Waals surface area contributed by atoms with Crippen molar-refractivity contribution in [1.82, 2.24) is 9.88 Å². The second-order valence-corrected chi connectivity index (χ2v) is 6.96. The predicted molar refractivity (Wildman–Crippen MR) is 99.3 cm³/mol. The predicted octanol–water partition coefficient (Wildman–Crippen LogP) is 3.05. The maximum Gasteiger partial charge on any atom is 0.232 e. The first-order valence-corrected chi connectivity index (χ1v) is 9.38. The number of nitrogens with one attached hydrogen (secondary N) is 1. The molecule has 1 aliphatic heterocycles. The number of piperidine rings is 1. The minimum absolute atomic E-state index is 0.0345. The topological polar surface area (TPSA) is 62.3 Å². The monoisotopic (exact) mass is 355 g/mol. The molecule has 1 N–H and O–H groups in total. The molecule has 0 radical (unpaired) electrons. The maximum absolute atomic E-state index is 12.3. The first kappa shape index (κ1) is 17.5. The summed E-state index contributed by atoms with van der Waals surface area (Å²) in [5.41, 5.74) is 0.817. The summed E-state index contributed by atoms with van der Waals surface area (Å²) in [7, 11) is 0. The van der Waals surface area contributed by atoms with Gasteiger partial charge in [0.1, 0.15) is 0 Å². The molecule has 0 bridgehead atoms. The van der Waals surface area contributed by atoms with Crippen LogP contribution in [-0.4, -0.2) is 40.5 Å². The number of carbonyl (C=O) groups excluding carboxylic acids is 2. The molecule has 0 aliphatic carbocycles. The van der Waals surface area contributed by atoms with E-state index in [2.05, 4.69) is 10.3 Å². The van der Waals surface area contributed by atoms with Crippen LogP contribution in [0.5, 0.6) is 0 Å². The van der Waals surface area contributed by atoms with Crippen molar-refractivity contribution in [3.05, 3.63) is 54.7 Å². The van der Waals surface area contributed by atoms with Crippen molar-refractivity contribution in [2.75, 3.05) is 24.2 Å². The summed E-state index contributed by atoms with van der Waals surface area (Å²) in [4.78, 5) is 30.7. The molecule has 1 aliphatic rings. The van der Waals surface area contributed by atoms with Gasteiger partial charge < -0.3 is 10.2 Å². The molecular weight excluding hydrogens is 334 g/mol. The Labute approximate surface area is 151 Å². The Morgan fingerprint density at radius 1 is 1.08 bits per heavy atom. The summed E-state index contributed by atoms with van der Waals surface area (Å²) in [5, 5.41) is 3.80. The van der Waals surface area contributed by atoms with Gasteiger partial charge in [0, 0.05) is 30.9 Å². The number of rotatable bonds is 5. The van der Waals surface area contributed by atoms with Gasteiger partial charge in [-0.05, 0) is 37.1 Å². The number of thioether (sulfide) groups is 1. The van der Waals surface area contributed by atoms with E-state index in [4.69, 9.17) is 0 Å². The molecule has 2 aromatic rings. The fraction of sp³-hybridized carbons (Fsp3) is 0.316. The number of benzene rings is 1. The quantitative estimate of drug-likeness (QED) is 0.838. The Bertz CT molecular complexity index is 701. The Hall–Kier alpha value is -2.34. The van der Waals surface area contributed by atoms with Gasteiger partial charge >= 0.3 is 0 Å². The van der Waals surface area contributed by atoms with E-state index >= 15 is 0 Å². The average molecular weight is 355 g/mol. The molecule has 0 spiro atoms. The highest BCUT2D eigenvalue weighted by Gasteiger charge is 2.27. The van der Waals surface area contributed by atoms with Crippen LogP contribution in [0, 0.1) is 5.92 Å². The van der Waals surface area contributed by atoms with Crippen molar-refractivity contribution in [1.29, 1.82) is 0 Å². The van der Waals surface area contributed by atoms with Crippen LogP contribution < -0.4 is 5.32 Å². The molecule has 1 saturated heterocycles. The number of hydrogen-bond acceptors (Lipinski definition) is 4. The summed E-state index contributed by atoms with van der Waals surface area (Å²) in [6, 6.07) is 15.2. The molecule has 2 amide bonds. The van der Waals surface area contributed by atoms with Gasteiger partial charge in [-0.2, -0.15) is 0 Å². The van der Waals surface area contributed by atoms with E-state index in [1.165, 1.54) is 11.8 Å². The molecule has 5 nitrogen and oxygen atoms in total. The number of para-hydroxylation sites is 1. The third-order valence-corrected chi connectivity index (χ3v) is 5.17. The van der Waals surface area contributed by atoms with Gasteiger partial charge in [0.2, 0.25) is 11.8 Å². The lowest BCUT2D eigenvalue weighted by molar-refractivity contribution is -0.132. The van der Waals surface area contributed by atoms with Crippen molar-refractivity contribution in [3.63, 3.8) is 0 Å². The minimum Gasteiger partial charge on any atom is -0.342 e. The molecule has 1 fully saturated rings. The van der Waals surface area contributed by atoms with Crippen molar-refractivity contribution in [2.24, 2.45) is 5.92 Å². The number of nitrogens with zero attached hydrogens (tertiary/aromatic N) is 2. The zero-order valence-electron chi connectivity index (χ0n) is 13.9. The van der Waals surface area contributed by atoms with E-state index in [1.807, 2.05) is 53.4 Å². The molecule has 3 rings (SSSR count). The van der Waals surface area contributed by atoms with Gasteiger partial charge in [0.05, 0.1) is 10.8 Å². The standard InChI is InChI=1S/C19H21N3O2S/c23-18(14-25-17-8-4-5-11-20-17)22-12-9-15(10-13-22)19(24)21-16-6-2-1-3-7-16/h1-8,11,15H,9-10,12-14H2,(H,21,24). The van der Waals surface area contributed by atoms with Crippen molar-refractivity contribution in [3.8, 4) is 0 Å². The van der Waals surface area contributed by atoms with Gasteiger partial charge in [-0.3, -0.25) is 9.59 Å². The van der Waals surface area contributed by atoms with E-state index < -0.39 is 0 Å². The lowest BCUT2D eigenvalue weighted by Crippen LogP contribution is -2.42. The summed E-state index contributed by atoms with van der Waals surface area (Å²) < 4.78 is 0. The average Bonchev–Trinajstić information content (AvgIpc) is 2.68. The van der Waals surface area contributed by atoms with Gasteiger partial charge in [-0.15, -0.1) is 0 Å². The largest absolute Gasteiger partial charge is 0.342 e. The van der Waals surface area contributed by atoms with Crippen LogP contribution in [0.1, 0.15) is 12.8 Å². The number of likely N-dealkylation sites (tertiary alicyclic amines) is 1. The van der Waals surface area contributed by atoms with Crippen LogP contribution >= 0.6 is 11.8 Å². The number of amides is 2. The molecule has 1 aromatic carbocycles. The van der Waals surface area contributed by atoms with Gasteiger partial charge in [0.15, 0.2) is 0 Å². The summed E-state index contributed by atoms with van der Waals surface area (Å²) in [5.74, 6) is 0.504. The normalized spacial score (nSPS) is 15.0.